The van der Waals surface area contributed by atoms with Crippen molar-refractivity contribution in [1.82, 2.24) is 10.2 Å². The van der Waals surface area contributed by atoms with Crippen LogP contribution in [0.2, 0.25) is 0 Å². The van der Waals surface area contributed by atoms with Crippen molar-refractivity contribution < 1.29 is 23.9 Å². The van der Waals surface area contributed by atoms with Crippen molar-refractivity contribution in [3.05, 3.63) is 53.1 Å². The van der Waals surface area contributed by atoms with Gasteiger partial charge in [0.25, 0.3) is 5.91 Å². The topological polar surface area (TPSA) is 97.0 Å². The zero-order chi connectivity index (χ0) is 22.9. The Labute approximate surface area is 186 Å². The van der Waals surface area contributed by atoms with Crippen LogP contribution < -0.4 is 20.1 Å². The SMILES string of the molecule is CCc1cccc(CC)c1NC(=O)CN1C(=O)NC(C)(c2ccc3c(c2)OCCO3)C1=O. The molecule has 168 valence electrons. The first-order valence-corrected chi connectivity index (χ1v) is 10.8. The van der Waals surface area contributed by atoms with Crippen LogP contribution in [0, 0.1) is 0 Å². The average Bonchev–Trinajstić information content (AvgIpc) is 3.02. The van der Waals surface area contributed by atoms with Gasteiger partial charge in [-0.2, -0.15) is 0 Å². The lowest BCUT2D eigenvalue weighted by Gasteiger charge is -2.25. The maximum atomic E-state index is 13.2. The number of urea groups is 1. The van der Waals surface area contributed by atoms with Crippen molar-refractivity contribution in [2.45, 2.75) is 39.2 Å². The number of para-hydroxylation sites is 1. The van der Waals surface area contributed by atoms with Gasteiger partial charge >= 0.3 is 6.03 Å². The number of benzene rings is 2. The number of rotatable bonds is 6. The number of aryl methyl sites for hydroxylation is 2. The summed E-state index contributed by atoms with van der Waals surface area (Å²) in [5.74, 6) is 0.207. The number of imide groups is 1. The van der Waals surface area contributed by atoms with Crippen LogP contribution >= 0.6 is 0 Å². The molecule has 0 radical (unpaired) electrons. The summed E-state index contributed by atoms with van der Waals surface area (Å²) in [6.45, 7) is 6.16. The molecule has 2 N–H and O–H groups in total. The maximum absolute atomic E-state index is 13.2. The zero-order valence-corrected chi connectivity index (χ0v) is 18.5. The number of fused-ring (bicyclic) bond motifs is 1. The number of carbonyl (C=O) groups is 3. The summed E-state index contributed by atoms with van der Waals surface area (Å²) in [4.78, 5) is 39.6. The van der Waals surface area contributed by atoms with Gasteiger partial charge in [0, 0.05) is 5.69 Å². The average molecular weight is 437 g/mol. The van der Waals surface area contributed by atoms with Gasteiger partial charge in [-0.05, 0) is 48.6 Å². The summed E-state index contributed by atoms with van der Waals surface area (Å²) < 4.78 is 11.1. The summed E-state index contributed by atoms with van der Waals surface area (Å²) in [5, 5.41) is 5.64. The normalized spacial score (nSPS) is 19.7. The Morgan fingerprint density at radius 2 is 1.72 bits per heavy atom. The van der Waals surface area contributed by atoms with Gasteiger partial charge in [0.15, 0.2) is 11.5 Å². The van der Waals surface area contributed by atoms with E-state index in [1.807, 2.05) is 32.0 Å². The van der Waals surface area contributed by atoms with Crippen molar-refractivity contribution in [1.29, 1.82) is 0 Å². The minimum atomic E-state index is -1.30. The monoisotopic (exact) mass is 437 g/mol. The van der Waals surface area contributed by atoms with Gasteiger partial charge in [-0.25, -0.2) is 4.79 Å². The first-order valence-electron chi connectivity index (χ1n) is 10.8. The number of amides is 4. The second kappa shape index (κ2) is 8.53. The molecule has 2 aromatic carbocycles. The van der Waals surface area contributed by atoms with Gasteiger partial charge in [-0.3, -0.25) is 14.5 Å². The molecule has 2 heterocycles. The molecule has 0 aromatic heterocycles. The maximum Gasteiger partial charge on any atom is 0.325 e. The van der Waals surface area contributed by atoms with E-state index in [-0.39, 0.29) is 6.54 Å². The van der Waals surface area contributed by atoms with Crippen LogP contribution in [0.5, 0.6) is 11.5 Å². The molecule has 1 fully saturated rings. The van der Waals surface area contributed by atoms with Crippen molar-refractivity contribution in [2.24, 2.45) is 0 Å². The summed E-state index contributed by atoms with van der Waals surface area (Å²) in [7, 11) is 0. The van der Waals surface area contributed by atoms with Crippen molar-refractivity contribution >= 4 is 23.5 Å². The fraction of sp³-hybridized carbons (Fsp3) is 0.375. The number of anilines is 1. The van der Waals surface area contributed by atoms with E-state index in [1.54, 1.807) is 25.1 Å². The molecule has 1 unspecified atom stereocenters. The third kappa shape index (κ3) is 3.77. The summed E-state index contributed by atoms with van der Waals surface area (Å²) in [6.07, 6.45) is 1.52. The molecule has 32 heavy (non-hydrogen) atoms. The van der Waals surface area contributed by atoms with Crippen LogP contribution in [0.4, 0.5) is 10.5 Å². The molecule has 0 spiro atoms. The molecular weight excluding hydrogens is 410 g/mol. The Kier molecular flexibility index (Phi) is 5.78. The van der Waals surface area contributed by atoms with Crippen molar-refractivity contribution in [2.75, 3.05) is 25.1 Å². The second-order valence-electron chi connectivity index (χ2n) is 8.01. The van der Waals surface area contributed by atoms with E-state index >= 15 is 0 Å². The van der Waals surface area contributed by atoms with Gasteiger partial charge < -0.3 is 20.1 Å². The summed E-state index contributed by atoms with van der Waals surface area (Å²) >= 11 is 0. The second-order valence-corrected chi connectivity index (χ2v) is 8.01. The van der Waals surface area contributed by atoms with Gasteiger partial charge in [0.05, 0.1) is 0 Å². The zero-order valence-electron chi connectivity index (χ0n) is 18.5. The van der Waals surface area contributed by atoms with Gasteiger partial charge in [0.2, 0.25) is 5.91 Å². The lowest BCUT2D eigenvalue weighted by atomic mass is 9.91. The molecule has 8 heteroatoms. The number of carbonyl (C=O) groups excluding carboxylic acids is 3. The molecule has 2 aliphatic heterocycles. The Bertz CT molecular complexity index is 1060. The summed E-state index contributed by atoms with van der Waals surface area (Å²) in [6, 6.07) is 10.4. The van der Waals surface area contributed by atoms with Crippen molar-refractivity contribution in [3.63, 3.8) is 0 Å². The van der Waals surface area contributed by atoms with Crippen LogP contribution in [-0.2, 0) is 28.0 Å². The minimum absolute atomic E-state index is 0.369. The van der Waals surface area contributed by atoms with Gasteiger partial charge in [-0.1, -0.05) is 38.1 Å². The van der Waals surface area contributed by atoms with Crippen LogP contribution in [0.25, 0.3) is 0 Å². The van der Waals surface area contributed by atoms with E-state index in [4.69, 9.17) is 9.47 Å². The van der Waals surface area contributed by atoms with E-state index in [2.05, 4.69) is 10.6 Å². The predicted molar refractivity (Wildman–Crippen MR) is 119 cm³/mol. The molecule has 4 rings (SSSR count). The third-order valence-corrected chi connectivity index (χ3v) is 5.96. The van der Waals surface area contributed by atoms with E-state index in [0.717, 1.165) is 34.6 Å². The van der Waals surface area contributed by atoms with Crippen LogP contribution in [0.1, 0.15) is 37.5 Å². The third-order valence-electron chi connectivity index (χ3n) is 5.96. The summed E-state index contributed by atoms with van der Waals surface area (Å²) in [5.41, 5.74) is 2.03. The first-order chi connectivity index (χ1) is 15.4. The van der Waals surface area contributed by atoms with E-state index in [0.29, 0.717) is 30.3 Å². The molecule has 2 aromatic rings. The van der Waals surface area contributed by atoms with E-state index < -0.39 is 23.4 Å². The lowest BCUT2D eigenvalue weighted by molar-refractivity contribution is -0.133. The molecule has 0 aliphatic carbocycles. The van der Waals surface area contributed by atoms with Gasteiger partial charge in [-0.15, -0.1) is 0 Å². The highest BCUT2D eigenvalue weighted by molar-refractivity contribution is 6.10. The highest BCUT2D eigenvalue weighted by Crippen LogP contribution is 2.36. The van der Waals surface area contributed by atoms with Crippen molar-refractivity contribution in [3.8, 4) is 11.5 Å². The largest absolute Gasteiger partial charge is 0.486 e. The van der Waals surface area contributed by atoms with Crippen LogP contribution in [0.15, 0.2) is 36.4 Å². The first kappa shape index (κ1) is 21.7. The molecule has 8 nitrogen and oxygen atoms in total. The van der Waals surface area contributed by atoms with E-state index in [1.165, 1.54) is 0 Å². The smallest absolute Gasteiger partial charge is 0.325 e. The highest BCUT2D eigenvalue weighted by atomic mass is 16.6. The number of hydrogen-bond acceptors (Lipinski definition) is 5. The molecular formula is C24H27N3O5. The fourth-order valence-electron chi connectivity index (χ4n) is 4.12. The Morgan fingerprint density at radius 3 is 2.38 bits per heavy atom. The minimum Gasteiger partial charge on any atom is -0.486 e. The molecule has 1 saturated heterocycles. The predicted octanol–water partition coefficient (Wildman–Crippen LogP) is 2.99. The number of nitrogens with one attached hydrogen (secondary N) is 2. The Balaban J connectivity index is 1.53. The van der Waals surface area contributed by atoms with Crippen LogP contribution in [-0.4, -0.2) is 42.5 Å². The quantitative estimate of drug-likeness (QED) is 0.678. The van der Waals surface area contributed by atoms with Crippen LogP contribution in [0.3, 0.4) is 0 Å². The number of ether oxygens (including phenoxy) is 2. The molecule has 2 aliphatic rings. The lowest BCUT2D eigenvalue weighted by Crippen LogP contribution is -2.42. The molecule has 4 amide bonds. The standard InChI is InChI=1S/C24H27N3O5/c1-4-15-7-6-8-16(5-2)21(15)25-20(28)14-27-22(29)24(3,26-23(27)30)17-9-10-18-19(13-17)32-12-11-31-18/h6-10,13H,4-5,11-12,14H2,1-3H3,(H,25,28)(H,26,30). The molecule has 0 saturated carbocycles. The Hall–Kier alpha value is -3.55. The number of hydrogen-bond donors (Lipinski definition) is 2. The number of nitrogens with zero attached hydrogens (tertiary/aromatic N) is 1. The fourth-order valence-corrected chi connectivity index (χ4v) is 4.12. The molecule has 1 atom stereocenters. The highest BCUT2D eigenvalue weighted by Gasteiger charge is 2.49. The van der Waals surface area contributed by atoms with Gasteiger partial charge in [0.1, 0.15) is 25.3 Å². The van der Waals surface area contributed by atoms with E-state index in [9.17, 15) is 14.4 Å². The molecule has 0 bridgehead atoms. The Morgan fingerprint density at radius 1 is 1.06 bits per heavy atom.